The highest BCUT2D eigenvalue weighted by atomic mass is 19.2. The molecule has 2 aromatic rings. The molecule has 2 N–H and O–H groups in total. The molecule has 0 radical (unpaired) electrons. The van der Waals surface area contributed by atoms with E-state index < -0.39 is 40.9 Å². The number of carbonyl (C=O) groups excluding carboxylic acids is 1. The third-order valence-corrected chi connectivity index (χ3v) is 6.87. The van der Waals surface area contributed by atoms with Gasteiger partial charge in [-0.1, -0.05) is 18.2 Å². The molecule has 8 heteroatoms. The van der Waals surface area contributed by atoms with E-state index in [1.807, 2.05) is 6.07 Å². The van der Waals surface area contributed by atoms with Gasteiger partial charge in [-0.15, -0.1) is 0 Å². The average Bonchev–Trinajstić information content (AvgIpc) is 3.28. The van der Waals surface area contributed by atoms with Crippen molar-refractivity contribution in [2.45, 2.75) is 63.5 Å². The molecule has 1 saturated carbocycles. The Morgan fingerprint density at radius 2 is 1.91 bits per heavy atom. The molecule has 2 heterocycles. The molecule has 1 aliphatic heterocycles. The molecule has 0 saturated heterocycles. The Balaban J connectivity index is 1.88. The van der Waals surface area contributed by atoms with Gasteiger partial charge in [-0.05, 0) is 63.3 Å². The zero-order valence-electron chi connectivity index (χ0n) is 19.2. The van der Waals surface area contributed by atoms with Crippen LogP contribution < -0.4 is 5.32 Å². The Labute approximate surface area is 197 Å². The van der Waals surface area contributed by atoms with E-state index in [2.05, 4.69) is 10.3 Å². The van der Waals surface area contributed by atoms with E-state index in [9.17, 15) is 19.1 Å². The second-order valence-electron chi connectivity index (χ2n) is 9.33. The lowest BCUT2D eigenvalue weighted by molar-refractivity contribution is -0.158. The van der Waals surface area contributed by atoms with E-state index in [-0.39, 0.29) is 29.4 Å². The molecule has 2 aliphatic rings. The molecule has 180 valence electrons. The van der Waals surface area contributed by atoms with Gasteiger partial charge in [0.1, 0.15) is 6.10 Å². The minimum absolute atomic E-state index is 0.182. The summed E-state index contributed by atoms with van der Waals surface area (Å²) in [6, 6.07) is 9.01. The van der Waals surface area contributed by atoms with E-state index in [1.165, 1.54) is 12.1 Å². The topological polar surface area (TPSA) is 88.5 Å². The predicted molar refractivity (Wildman–Crippen MR) is 121 cm³/mol. The van der Waals surface area contributed by atoms with E-state index >= 15 is 4.39 Å². The molecule has 6 nitrogen and oxygen atoms in total. The van der Waals surface area contributed by atoms with Gasteiger partial charge in [-0.2, -0.15) is 0 Å². The fourth-order valence-electron chi connectivity index (χ4n) is 5.40. The number of carbonyl (C=O) groups is 2. The maximum Gasteiger partial charge on any atom is 0.333 e. The number of hydrogen-bond acceptors (Lipinski definition) is 5. The fraction of sp³-hybridized carbons (Fsp3) is 0.423. The van der Waals surface area contributed by atoms with Gasteiger partial charge < -0.3 is 15.2 Å². The third kappa shape index (κ3) is 4.54. The number of allylic oxidation sites excluding steroid dienone is 1. The van der Waals surface area contributed by atoms with Crippen molar-refractivity contribution in [3.63, 3.8) is 0 Å². The van der Waals surface area contributed by atoms with E-state index in [1.54, 1.807) is 32.2 Å². The summed E-state index contributed by atoms with van der Waals surface area (Å²) in [6.45, 7) is 3.34. The number of nitrogens with zero attached hydrogens (tertiary/aromatic N) is 1. The summed E-state index contributed by atoms with van der Waals surface area (Å²) in [5.74, 6) is -6.60. The second kappa shape index (κ2) is 9.52. The normalized spacial score (nSPS) is 25.2. The molecule has 0 spiro atoms. The van der Waals surface area contributed by atoms with Gasteiger partial charge in [0.25, 0.3) is 0 Å². The summed E-state index contributed by atoms with van der Waals surface area (Å²) < 4.78 is 35.2. The van der Waals surface area contributed by atoms with Crippen LogP contribution in [0.1, 0.15) is 56.7 Å². The van der Waals surface area contributed by atoms with Gasteiger partial charge in [-0.3, -0.25) is 9.78 Å². The van der Waals surface area contributed by atoms with Gasteiger partial charge in [0, 0.05) is 29.9 Å². The second-order valence-corrected chi connectivity index (χ2v) is 9.33. The highest BCUT2D eigenvalue weighted by Gasteiger charge is 2.53. The van der Waals surface area contributed by atoms with Crippen LogP contribution in [-0.4, -0.2) is 33.7 Å². The molecule has 34 heavy (non-hydrogen) atoms. The lowest BCUT2D eigenvalue weighted by atomic mass is 9.65. The highest BCUT2D eigenvalue weighted by molar-refractivity contribution is 5.92. The molecule has 1 aromatic heterocycles. The van der Waals surface area contributed by atoms with Gasteiger partial charge in [0.15, 0.2) is 11.6 Å². The first-order chi connectivity index (χ1) is 16.2. The number of hydrogen-bond donors (Lipinski definition) is 2. The maximum absolute atomic E-state index is 15.1. The van der Waals surface area contributed by atoms with Gasteiger partial charge in [0.2, 0.25) is 0 Å². The maximum atomic E-state index is 15.1. The van der Waals surface area contributed by atoms with Crippen LogP contribution in [0.5, 0.6) is 0 Å². The van der Waals surface area contributed by atoms with Crippen molar-refractivity contribution in [3.8, 4) is 0 Å². The standard InChI is InChI=1S/C26H28F2N2O4/c1-15-20(24(31)32)21(18-11-7-12-19(27)23(18)28)22(25(33)34-17-9-3-4-10-17)26(2,30-15)14-16-8-5-6-13-29-16/h5-8,11-13,17,21-22,30H,3-4,9-10,14H2,1-2H3,(H,31,32). The first-order valence-corrected chi connectivity index (χ1v) is 11.5. The smallest absolute Gasteiger partial charge is 0.333 e. The van der Waals surface area contributed by atoms with Crippen LogP contribution in [0.2, 0.25) is 0 Å². The zero-order valence-corrected chi connectivity index (χ0v) is 19.2. The average molecular weight is 471 g/mol. The zero-order chi connectivity index (χ0) is 24.5. The summed E-state index contributed by atoms with van der Waals surface area (Å²) in [5, 5.41) is 13.3. The van der Waals surface area contributed by atoms with Crippen LogP contribution in [0.15, 0.2) is 53.9 Å². The van der Waals surface area contributed by atoms with Crippen molar-refractivity contribution < 1.29 is 28.2 Å². The minimum atomic E-state index is -1.31. The first-order valence-electron chi connectivity index (χ1n) is 11.5. The monoisotopic (exact) mass is 470 g/mol. The van der Waals surface area contributed by atoms with Gasteiger partial charge in [0.05, 0.1) is 17.0 Å². The Bertz CT molecular complexity index is 1120. The van der Waals surface area contributed by atoms with Crippen LogP contribution in [0.3, 0.4) is 0 Å². The summed E-state index contributed by atoms with van der Waals surface area (Å²) in [6.07, 6.45) is 4.93. The van der Waals surface area contributed by atoms with Crippen LogP contribution >= 0.6 is 0 Å². The molecule has 0 amide bonds. The number of nitrogens with one attached hydrogen (secondary N) is 1. The first kappa shape index (κ1) is 23.9. The van der Waals surface area contributed by atoms with Gasteiger partial charge >= 0.3 is 11.9 Å². The molecular weight excluding hydrogens is 442 g/mol. The van der Waals surface area contributed by atoms with Crippen molar-refractivity contribution in [3.05, 3.63) is 76.8 Å². The molecule has 3 unspecified atom stereocenters. The summed E-state index contributed by atoms with van der Waals surface area (Å²) in [4.78, 5) is 30.4. The number of esters is 1. The van der Waals surface area contributed by atoms with E-state index in [0.29, 0.717) is 5.69 Å². The number of benzene rings is 1. The van der Waals surface area contributed by atoms with Crippen LogP contribution in [0.25, 0.3) is 0 Å². The van der Waals surface area contributed by atoms with Crippen molar-refractivity contribution in [2.75, 3.05) is 0 Å². The molecule has 4 rings (SSSR count). The Morgan fingerprint density at radius 3 is 2.56 bits per heavy atom. The summed E-state index contributed by atoms with van der Waals surface area (Å²) >= 11 is 0. The molecule has 1 aromatic carbocycles. The number of aliphatic carboxylic acids is 1. The van der Waals surface area contributed by atoms with Crippen molar-refractivity contribution in [1.82, 2.24) is 10.3 Å². The molecule has 1 fully saturated rings. The highest BCUT2D eigenvalue weighted by Crippen LogP contribution is 2.46. The Hall–Kier alpha value is -3.29. The van der Waals surface area contributed by atoms with E-state index in [4.69, 9.17) is 4.74 Å². The molecule has 1 aliphatic carbocycles. The number of aromatic nitrogens is 1. The third-order valence-electron chi connectivity index (χ3n) is 6.87. The fourth-order valence-corrected chi connectivity index (χ4v) is 5.40. The minimum Gasteiger partial charge on any atom is -0.478 e. The summed E-state index contributed by atoms with van der Waals surface area (Å²) in [7, 11) is 0. The molecular formula is C26H28F2N2O4. The number of ether oxygens (including phenoxy) is 1. The summed E-state index contributed by atoms with van der Waals surface area (Å²) in [5.41, 5.74) is -0.489. The number of carboxylic acid groups (broad SMARTS) is 1. The van der Waals surface area contributed by atoms with Crippen molar-refractivity contribution in [2.24, 2.45) is 5.92 Å². The number of rotatable bonds is 6. The molecule has 0 bridgehead atoms. The van der Waals surface area contributed by atoms with Crippen molar-refractivity contribution >= 4 is 11.9 Å². The predicted octanol–water partition coefficient (Wildman–Crippen LogP) is 4.51. The van der Waals surface area contributed by atoms with E-state index in [0.717, 1.165) is 31.7 Å². The van der Waals surface area contributed by atoms with Gasteiger partial charge in [-0.25, -0.2) is 13.6 Å². The van der Waals surface area contributed by atoms with Crippen LogP contribution in [0, 0.1) is 17.6 Å². The molecule has 3 atom stereocenters. The number of carboxylic acids is 1. The quantitative estimate of drug-likeness (QED) is 0.604. The lowest BCUT2D eigenvalue weighted by Crippen LogP contribution is -2.59. The number of halogens is 2. The largest absolute Gasteiger partial charge is 0.478 e. The lowest BCUT2D eigenvalue weighted by Gasteiger charge is -2.46. The Morgan fingerprint density at radius 1 is 1.18 bits per heavy atom. The van der Waals surface area contributed by atoms with Crippen LogP contribution in [-0.2, 0) is 20.7 Å². The Kier molecular flexibility index (Phi) is 6.68. The van der Waals surface area contributed by atoms with Crippen molar-refractivity contribution in [1.29, 1.82) is 0 Å². The van der Waals surface area contributed by atoms with Crippen LogP contribution in [0.4, 0.5) is 8.78 Å². The SMILES string of the molecule is CC1=C(C(=O)O)C(c2cccc(F)c2F)C(C(=O)OC2CCCC2)C(C)(Cc2ccccn2)N1. The number of pyridine rings is 1.